The summed E-state index contributed by atoms with van der Waals surface area (Å²) in [4.78, 5) is 13.2. The van der Waals surface area contributed by atoms with Crippen LogP contribution in [-0.2, 0) is 4.79 Å². The second-order valence-electron chi connectivity index (χ2n) is 3.77. The van der Waals surface area contributed by atoms with Crippen LogP contribution in [0.25, 0.3) is 0 Å². The van der Waals surface area contributed by atoms with Gasteiger partial charge >= 0.3 is 0 Å². The third kappa shape index (κ3) is 5.59. The van der Waals surface area contributed by atoms with Gasteiger partial charge in [-0.3, -0.25) is 4.79 Å². The van der Waals surface area contributed by atoms with E-state index in [2.05, 4.69) is 0 Å². The minimum atomic E-state index is 0.113. The Morgan fingerprint density at radius 1 is 1.35 bits per heavy atom. The topological polar surface area (TPSA) is 29.5 Å². The average molecular weight is 256 g/mol. The van der Waals surface area contributed by atoms with E-state index in [1.807, 2.05) is 30.3 Å². The summed E-state index contributed by atoms with van der Waals surface area (Å²) in [7, 11) is 1.78. The summed E-state index contributed by atoms with van der Waals surface area (Å²) < 4.78 is 5.51. The van der Waals surface area contributed by atoms with Gasteiger partial charge in [0.1, 0.15) is 12.4 Å². The number of halogens is 1. The van der Waals surface area contributed by atoms with Gasteiger partial charge in [-0.05, 0) is 18.6 Å². The molecule has 0 atom stereocenters. The molecule has 0 saturated heterocycles. The number of carbonyl (C=O) groups excluding carboxylic acids is 1. The van der Waals surface area contributed by atoms with Crippen LogP contribution in [-0.4, -0.2) is 36.9 Å². The van der Waals surface area contributed by atoms with Crippen molar-refractivity contribution in [1.82, 2.24) is 4.90 Å². The van der Waals surface area contributed by atoms with Crippen molar-refractivity contribution >= 4 is 17.5 Å². The first kappa shape index (κ1) is 13.8. The van der Waals surface area contributed by atoms with Gasteiger partial charge in [0.15, 0.2) is 0 Å². The lowest BCUT2D eigenvalue weighted by Crippen LogP contribution is -2.30. The third-order valence-corrected chi connectivity index (χ3v) is 2.66. The van der Waals surface area contributed by atoms with Crippen molar-refractivity contribution in [3.8, 4) is 5.75 Å². The van der Waals surface area contributed by atoms with Crippen LogP contribution < -0.4 is 4.74 Å². The monoisotopic (exact) mass is 255 g/mol. The van der Waals surface area contributed by atoms with Crippen molar-refractivity contribution in [2.45, 2.75) is 12.8 Å². The highest BCUT2D eigenvalue weighted by atomic mass is 35.5. The van der Waals surface area contributed by atoms with Gasteiger partial charge in [0.25, 0.3) is 0 Å². The molecule has 17 heavy (non-hydrogen) atoms. The maximum atomic E-state index is 11.6. The van der Waals surface area contributed by atoms with Crippen LogP contribution in [0.15, 0.2) is 30.3 Å². The van der Waals surface area contributed by atoms with Crippen LogP contribution >= 0.6 is 11.6 Å². The highest BCUT2D eigenvalue weighted by molar-refractivity contribution is 6.17. The van der Waals surface area contributed by atoms with Gasteiger partial charge in [0, 0.05) is 19.3 Å². The van der Waals surface area contributed by atoms with Crippen LogP contribution in [0, 0.1) is 0 Å². The molecule has 4 heteroatoms. The minimum absolute atomic E-state index is 0.113. The maximum Gasteiger partial charge on any atom is 0.222 e. The molecule has 0 spiro atoms. The average Bonchev–Trinajstić information content (AvgIpc) is 2.37. The molecule has 0 saturated carbocycles. The molecular weight excluding hydrogens is 238 g/mol. The lowest BCUT2D eigenvalue weighted by atomic mass is 10.3. The van der Waals surface area contributed by atoms with E-state index < -0.39 is 0 Å². The molecule has 0 aromatic heterocycles. The van der Waals surface area contributed by atoms with Gasteiger partial charge in [0.05, 0.1) is 6.54 Å². The van der Waals surface area contributed by atoms with Gasteiger partial charge in [-0.15, -0.1) is 11.6 Å². The van der Waals surface area contributed by atoms with Crippen molar-refractivity contribution in [2.24, 2.45) is 0 Å². The highest BCUT2D eigenvalue weighted by Gasteiger charge is 2.07. The number of benzene rings is 1. The summed E-state index contributed by atoms with van der Waals surface area (Å²) >= 11 is 5.54. The first-order valence-corrected chi connectivity index (χ1v) is 6.25. The fraction of sp³-hybridized carbons (Fsp3) is 0.462. The Balaban J connectivity index is 2.20. The largest absolute Gasteiger partial charge is 0.492 e. The molecule has 1 aromatic carbocycles. The van der Waals surface area contributed by atoms with Crippen LogP contribution in [0.2, 0.25) is 0 Å². The van der Waals surface area contributed by atoms with E-state index in [0.717, 1.165) is 12.2 Å². The van der Waals surface area contributed by atoms with E-state index in [-0.39, 0.29) is 5.91 Å². The summed E-state index contributed by atoms with van der Waals surface area (Å²) in [6.07, 6.45) is 1.23. The van der Waals surface area contributed by atoms with Crippen molar-refractivity contribution < 1.29 is 9.53 Å². The predicted molar refractivity (Wildman–Crippen MR) is 69.5 cm³/mol. The molecule has 1 amide bonds. The number of nitrogens with zero attached hydrogens (tertiary/aromatic N) is 1. The number of alkyl halides is 1. The Bertz CT molecular complexity index is 329. The Kier molecular flexibility index (Phi) is 6.48. The second-order valence-corrected chi connectivity index (χ2v) is 4.15. The number of ether oxygens (including phenoxy) is 1. The Morgan fingerprint density at radius 3 is 2.71 bits per heavy atom. The number of para-hydroxylation sites is 1. The molecule has 0 aliphatic carbocycles. The number of rotatable bonds is 7. The molecule has 0 fully saturated rings. The lowest BCUT2D eigenvalue weighted by Gasteiger charge is -2.17. The standard InChI is InChI=1S/C13H18ClNO2/c1-15(13(16)8-5-9-14)10-11-17-12-6-3-2-4-7-12/h2-4,6-7H,5,8-11H2,1H3. The van der Waals surface area contributed by atoms with E-state index in [0.29, 0.717) is 25.5 Å². The van der Waals surface area contributed by atoms with Gasteiger partial charge in [-0.2, -0.15) is 0 Å². The fourth-order valence-electron chi connectivity index (χ4n) is 1.35. The van der Waals surface area contributed by atoms with Crippen molar-refractivity contribution in [3.63, 3.8) is 0 Å². The molecule has 0 N–H and O–H groups in total. The number of likely N-dealkylation sites (N-methyl/N-ethyl adjacent to an activating group) is 1. The number of hydrogen-bond acceptors (Lipinski definition) is 2. The molecule has 1 rings (SSSR count). The van der Waals surface area contributed by atoms with Crippen LogP contribution in [0.5, 0.6) is 5.75 Å². The zero-order valence-corrected chi connectivity index (χ0v) is 10.8. The number of hydrogen-bond donors (Lipinski definition) is 0. The van der Waals surface area contributed by atoms with Crippen LogP contribution in [0.1, 0.15) is 12.8 Å². The van der Waals surface area contributed by atoms with Gasteiger partial charge in [-0.25, -0.2) is 0 Å². The molecule has 0 radical (unpaired) electrons. The normalized spacial score (nSPS) is 10.0. The van der Waals surface area contributed by atoms with E-state index in [4.69, 9.17) is 16.3 Å². The molecule has 0 aliphatic heterocycles. The third-order valence-electron chi connectivity index (χ3n) is 2.39. The Morgan fingerprint density at radius 2 is 2.06 bits per heavy atom. The molecule has 0 heterocycles. The van der Waals surface area contributed by atoms with Crippen molar-refractivity contribution in [2.75, 3.05) is 26.1 Å². The highest BCUT2D eigenvalue weighted by Crippen LogP contribution is 2.08. The van der Waals surface area contributed by atoms with Crippen LogP contribution in [0.3, 0.4) is 0 Å². The van der Waals surface area contributed by atoms with Gasteiger partial charge in [-0.1, -0.05) is 18.2 Å². The smallest absolute Gasteiger partial charge is 0.222 e. The summed E-state index contributed by atoms with van der Waals surface area (Å²) in [5.74, 6) is 1.47. The molecule has 0 bridgehead atoms. The Hall–Kier alpha value is -1.22. The molecule has 94 valence electrons. The molecular formula is C13H18ClNO2. The SMILES string of the molecule is CN(CCOc1ccccc1)C(=O)CCCCl. The van der Waals surface area contributed by atoms with Gasteiger partial charge < -0.3 is 9.64 Å². The summed E-state index contributed by atoms with van der Waals surface area (Å²) in [6, 6.07) is 9.58. The Labute approximate surface area is 107 Å². The second kappa shape index (κ2) is 7.96. The maximum absolute atomic E-state index is 11.6. The van der Waals surface area contributed by atoms with E-state index in [1.54, 1.807) is 11.9 Å². The predicted octanol–water partition coefficient (Wildman–Crippen LogP) is 2.54. The quantitative estimate of drug-likeness (QED) is 0.701. The van der Waals surface area contributed by atoms with Crippen LogP contribution in [0.4, 0.5) is 0 Å². The summed E-state index contributed by atoms with van der Waals surface area (Å²) in [5.41, 5.74) is 0. The minimum Gasteiger partial charge on any atom is -0.492 e. The van der Waals surface area contributed by atoms with E-state index >= 15 is 0 Å². The first-order valence-electron chi connectivity index (χ1n) is 5.72. The molecule has 3 nitrogen and oxygen atoms in total. The molecule has 0 aliphatic rings. The summed E-state index contributed by atoms with van der Waals surface area (Å²) in [5, 5.41) is 0. The lowest BCUT2D eigenvalue weighted by molar-refractivity contribution is -0.130. The van der Waals surface area contributed by atoms with Crippen molar-refractivity contribution in [3.05, 3.63) is 30.3 Å². The fourth-order valence-corrected chi connectivity index (χ4v) is 1.48. The zero-order valence-electron chi connectivity index (χ0n) is 10.1. The van der Waals surface area contributed by atoms with E-state index in [9.17, 15) is 4.79 Å². The van der Waals surface area contributed by atoms with E-state index in [1.165, 1.54) is 0 Å². The number of amides is 1. The molecule has 0 unspecified atom stereocenters. The summed E-state index contributed by atoms with van der Waals surface area (Å²) in [6.45, 7) is 1.10. The van der Waals surface area contributed by atoms with Gasteiger partial charge in [0.2, 0.25) is 5.91 Å². The first-order chi connectivity index (χ1) is 8.24. The van der Waals surface area contributed by atoms with Crippen molar-refractivity contribution in [1.29, 1.82) is 0 Å². The number of carbonyl (C=O) groups is 1. The molecule has 1 aromatic rings. The zero-order chi connectivity index (χ0) is 12.5.